The molecule has 0 spiro atoms. The fourth-order valence-corrected chi connectivity index (χ4v) is 0.373. The average Bonchev–Trinajstić information content (AvgIpc) is 1.81. The lowest BCUT2D eigenvalue weighted by molar-refractivity contribution is 1.48. The van der Waals surface area contributed by atoms with E-state index in [9.17, 15) is 0 Å². The summed E-state index contributed by atoms with van der Waals surface area (Å²) in [6.45, 7) is 0. The van der Waals surface area contributed by atoms with E-state index in [1.54, 1.807) is 25.7 Å². The van der Waals surface area contributed by atoms with Crippen molar-refractivity contribution in [2.24, 2.45) is 9.98 Å². The average molecular weight is 222 g/mol. The maximum absolute atomic E-state index is 3.82. The Morgan fingerprint density at radius 2 is 2.12 bits per heavy atom. The lowest BCUT2D eigenvalue weighted by atomic mass is 10.8. The first-order valence-corrected chi connectivity index (χ1v) is 3.35. The Morgan fingerprint density at radius 1 is 1.38 bits per heavy atom. The predicted molar refractivity (Wildman–Crippen MR) is 46.1 cm³/mol. The standard InChI is InChI=1S/C5H7IN2/c1-7-4-5-8-3-2-6/h2-5H,1H3/b3-2-,7-4?,8-5?. The van der Waals surface area contributed by atoms with Crippen molar-refractivity contribution in [1.82, 2.24) is 0 Å². The molecule has 0 atom stereocenters. The number of aliphatic imine (C=N–C) groups is 2. The van der Waals surface area contributed by atoms with Gasteiger partial charge in [-0.15, -0.1) is 0 Å². The highest BCUT2D eigenvalue weighted by Crippen LogP contribution is 1.81. The number of hydrogen-bond donors (Lipinski definition) is 0. The molecule has 0 unspecified atom stereocenters. The fourth-order valence-electron chi connectivity index (χ4n) is 0.187. The van der Waals surface area contributed by atoms with Gasteiger partial charge < -0.3 is 0 Å². The fraction of sp³-hybridized carbons (Fsp3) is 0.200. The van der Waals surface area contributed by atoms with E-state index in [1.165, 1.54) is 0 Å². The Morgan fingerprint density at radius 3 is 2.62 bits per heavy atom. The van der Waals surface area contributed by atoms with E-state index in [0.29, 0.717) is 0 Å². The Balaban J connectivity index is 3.35. The zero-order valence-corrected chi connectivity index (χ0v) is 6.74. The summed E-state index contributed by atoms with van der Waals surface area (Å²) in [5.74, 6) is 0. The number of rotatable bonds is 2. The molecule has 0 saturated carbocycles. The third-order valence-corrected chi connectivity index (χ3v) is 0.766. The van der Waals surface area contributed by atoms with Crippen molar-refractivity contribution in [2.45, 2.75) is 0 Å². The van der Waals surface area contributed by atoms with Crippen molar-refractivity contribution < 1.29 is 0 Å². The summed E-state index contributed by atoms with van der Waals surface area (Å²) in [4.78, 5) is 7.51. The molecule has 0 bridgehead atoms. The van der Waals surface area contributed by atoms with Gasteiger partial charge in [0.15, 0.2) is 0 Å². The summed E-state index contributed by atoms with van der Waals surface area (Å²) in [5.41, 5.74) is 0. The molecular formula is C5H7IN2. The summed E-state index contributed by atoms with van der Waals surface area (Å²) < 4.78 is 1.83. The largest absolute Gasteiger partial charge is 0.295 e. The molecule has 0 aromatic rings. The molecular weight excluding hydrogens is 215 g/mol. The zero-order chi connectivity index (χ0) is 6.24. The van der Waals surface area contributed by atoms with Crippen LogP contribution >= 0.6 is 22.6 Å². The van der Waals surface area contributed by atoms with E-state index in [-0.39, 0.29) is 0 Å². The van der Waals surface area contributed by atoms with Crippen LogP contribution in [-0.4, -0.2) is 19.5 Å². The van der Waals surface area contributed by atoms with Crippen molar-refractivity contribution >= 4 is 35.0 Å². The van der Waals surface area contributed by atoms with Crippen LogP contribution in [0.15, 0.2) is 20.3 Å². The molecule has 0 aliphatic heterocycles. The van der Waals surface area contributed by atoms with Crippen LogP contribution in [0.25, 0.3) is 0 Å². The van der Waals surface area contributed by atoms with Crippen molar-refractivity contribution in [2.75, 3.05) is 7.05 Å². The van der Waals surface area contributed by atoms with Gasteiger partial charge in [0, 0.05) is 25.7 Å². The summed E-state index contributed by atoms with van der Waals surface area (Å²) in [6.07, 6.45) is 4.97. The SMILES string of the molecule is CN=CC=N/C=C\I. The van der Waals surface area contributed by atoms with Crippen molar-refractivity contribution in [3.63, 3.8) is 0 Å². The maximum Gasteiger partial charge on any atom is 0.0446 e. The Hall–Kier alpha value is -0.190. The second kappa shape index (κ2) is 6.81. The van der Waals surface area contributed by atoms with Gasteiger partial charge >= 0.3 is 0 Å². The minimum absolute atomic E-state index is 1.63. The molecule has 0 radical (unpaired) electrons. The molecule has 0 aromatic heterocycles. The van der Waals surface area contributed by atoms with Gasteiger partial charge in [-0.3, -0.25) is 9.98 Å². The van der Waals surface area contributed by atoms with Crippen molar-refractivity contribution in [3.05, 3.63) is 10.3 Å². The maximum atomic E-state index is 3.82. The van der Waals surface area contributed by atoms with Crippen LogP contribution in [0.4, 0.5) is 0 Å². The topological polar surface area (TPSA) is 24.7 Å². The third-order valence-electron chi connectivity index (χ3n) is 0.444. The predicted octanol–water partition coefficient (Wildman–Crippen LogP) is 1.66. The molecule has 0 N–H and O–H groups in total. The minimum Gasteiger partial charge on any atom is -0.295 e. The van der Waals surface area contributed by atoms with E-state index in [2.05, 4.69) is 32.6 Å². The molecule has 0 fully saturated rings. The quantitative estimate of drug-likeness (QED) is 0.501. The number of halogens is 1. The van der Waals surface area contributed by atoms with Crippen LogP contribution in [0.5, 0.6) is 0 Å². The number of hydrogen-bond acceptors (Lipinski definition) is 2. The first-order chi connectivity index (χ1) is 3.91. The summed E-state index contributed by atoms with van der Waals surface area (Å²) in [6, 6.07) is 0. The van der Waals surface area contributed by atoms with Gasteiger partial charge in [-0.05, 0) is 4.08 Å². The molecule has 3 heteroatoms. The van der Waals surface area contributed by atoms with E-state index in [0.717, 1.165) is 0 Å². The lowest BCUT2D eigenvalue weighted by Crippen LogP contribution is -1.69. The lowest BCUT2D eigenvalue weighted by Gasteiger charge is -1.68. The summed E-state index contributed by atoms with van der Waals surface area (Å²) in [7, 11) is 1.71. The van der Waals surface area contributed by atoms with E-state index >= 15 is 0 Å². The van der Waals surface area contributed by atoms with Gasteiger partial charge in [0.1, 0.15) is 0 Å². The molecule has 0 heterocycles. The summed E-state index contributed by atoms with van der Waals surface area (Å²) >= 11 is 2.10. The highest BCUT2D eigenvalue weighted by Gasteiger charge is 1.56. The number of nitrogens with zero attached hydrogens (tertiary/aromatic N) is 2. The minimum atomic E-state index is 1.63. The van der Waals surface area contributed by atoms with Crippen LogP contribution in [0.3, 0.4) is 0 Å². The van der Waals surface area contributed by atoms with Gasteiger partial charge in [-0.1, -0.05) is 22.6 Å². The second-order valence-corrected chi connectivity index (χ2v) is 1.70. The molecule has 0 saturated heterocycles. The Kier molecular flexibility index (Phi) is 6.65. The van der Waals surface area contributed by atoms with Gasteiger partial charge in [-0.2, -0.15) is 0 Å². The van der Waals surface area contributed by atoms with Crippen LogP contribution < -0.4 is 0 Å². The first kappa shape index (κ1) is 7.81. The van der Waals surface area contributed by atoms with Gasteiger partial charge in [0.05, 0.1) is 0 Å². The smallest absolute Gasteiger partial charge is 0.0446 e. The van der Waals surface area contributed by atoms with E-state index < -0.39 is 0 Å². The van der Waals surface area contributed by atoms with Crippen molar-refractivity contribution in [1.29, 1.82) is 0 Å². The molecule has 0 rings (SSSR count). The van der Waals surface area contributed by atoms with Crippen molar-refractivity contribution in [3.8, 4) is 0 Å². The van der Waals surface area contributed by atoms with Crippen LogP contribution in [0.2, 0.25) is 0 Å². The highest BCUT2D eigenvalue weighted by molar-refractivity contribution is 14.1. The third kappa shape index (κ3) is 5.81. The first-order valence-electron chi connectivity index (χ1n) is 2.11. The summed E-state index contributed by atoms with van der Waals surface area (Å²) in [5, 5.41) is 0. The molecule has 0 aliphatic carbocycles. The molecule has 8 heavy (non-hydrogen) atoms. The Labute approximate surface area is 62.6 Å². The molecule has 2 nitrogen and oxygen atoms in total. The molecule has 0 amide bonds. The molecule has 0 aliphatic rings. The van der Waals surface area contributed by atoms with E-state index in [1.807, 2.05) is 4.08 Å². The van der Waals surface area contributed by atoms with Crippen LogP contribution in [0.1, 0.15) is 0 Å². The van der Waals surface area contributed by atoms with Crippen LogP contribution in [-0.2, 0) is 0 Å². The zero-order valence-electron chi connectivity index (χ0n) is 4.58. The second-order valence-electron chi connectivity index (χ2n) is 0.980. The molecule has 44 valence electrons. The van der Waals surface area contributed by atoms with E-state index in [4.69, 9.17) is 0 Å². The van der Waals surface area contributed by atoms with Gasteiger partial charge in [-0.25, -0.2) is 0 Å². The van der Waals surface area contributed by atoms with Crippen LogP contribution in [0, 0.1) is 0 Å². The van der Waals surface area contributed by atoms with Gasteiger partial charge in [0.2, 0.25) is 0 Å². The Bertz CT molecular complexity index is 102. The normalized spacial score (nSPS) is 12.8. The molecule has 0 aromatic carbocycles. The monoisotopic (exact) mass is 222 g/mol. The highest BCUT2D eigenvalue weighted by atomic mass is 127. The van der Waals surface area contributed by atoms with Gasteiger partial charge in [0.25, 0.3) is 0 Å².